The van der Waals surface area contributed by atoms with Crippen LogP contribution < -0.4 is 20.9 Å². The van der Waals surface area contributed by atoms with E-state index in [4.69, 9.17) is 9.15 Å². The third-order valence-electron chi connectivity index (χ3n) is 5.14. The van der Waals surface area contributed by atoms with E-state index >= 15 is 0 Å². The van der Waals surface area contributed by atoms with Gasteiger partial charge in [-0.05, 0) is 50.2 Å². The summed E-state index contributed by atoms with van der Waals surface area (Å²) in [6, 6.07) is 7.01. The number of nitrogens with one attached hydrogen (secondary N) is 3. The van der Waals surface area contributed by atoms with E-state index in [0.29, 0.717) is 34.6 Å². The Balaban J connectivity index is 1.58. The molecule has 1 aliphatic heterocycles. The number of rotatable bonds is 5. The number of halogens is 2. The normalized spacial score (nSPS) is 18.3. The zero-order chi connectivity index (χ0) is 21.3. The first-order chi connectivity index (χ1) is 14.3. The predicted molar refractivity (Wildman–Crippen MR) is 106 cm³/mol. The summed E-state index contributed by atoms with van der Waals surface area (Å²) in [6.07, 6.45) is 1.66. The van der Waals surface area contributed by atoms with Gasteiger partial charge in [0.25, 0.3) is 17.4 Å². The molecular formula is C21H21F2N3O4. The van der Waals surface area contributed by atoms with E-state index in [-0.39, 0.29) is 24.2 Å². The average Bonchev–Trinajstić information content (AvgIpc) is 3.04. The number of pyridine rings is 1. The van der Waals surface area contributed by atoms with Crippen molar-refractivity contribution in [3.05, 3.63) is 63.8 Å². The number of amides is 1. The number of carbonyl (C=O) groups excluding carboxylic acids is 1. The second-order valence-corrected chi connectivity index (χ2v) is 7.26. The van der Waals surface area contributed by atoms with E-state index < -0.39 is 24.4 Å². The molecule has 1 atom stereocenters. The van der Waals surface area contributed by atoms with Crippen LogP contribution in [-0.4, -0.2) is 35.9 Å². The molecule has 1 aliphatic rings. The molecule has 0 spiro atoms. The van der Waals surface area contributed by atoms with E-state index in [0.717, 1.165) is 0 Å². The van der Waals surface area contributed by atoms with Gasteiger partial charge in [-0.25, -0.2) is 8.78 Å². The molecule has 1 fully saturated rings. The molecule has 9 heteroatoms. The Morgan fingerprint density at radius 3 is 2.97 bits per heavy atom. The molecule has 0 saturated carbocycles. The van der Waals surface area contributed by atoms with Crippen LogP contribution in [0.1, 0.15) is 28.1 Å². The lowest BCUT2D eigenvalue weighted by molar-refractivity contribution is -0.0487. The monoisotopic (exact) mass is 417 g/mol. The molecule has 4 rings (SSSR count). The molecule has 158 valence electrons. The van der Waals surface area contributed by atoms with Crippen LogP contribution >= 0.6 is 0 Å². The minimum atomic E-state index is -3.03. The van der Waals surface area contributed by atoms with Gasteiger partial charge in [-0.15, -0.1) is 0 Å². The van der Waals surface area contributed by atoms with Crippen molar-refractivity contribution in [2.75, 3.05) is 13.1 Å². The molecule has 1 unspecified atom stereocenters. The summed E-state index contributed by atoms with van der Waals surface area (Å²) in [6.45, 7) is 1.59. The first-order valence-electron chi connectivity index (χ1n) is 9.57. The second-order valence-electron chi connectivity index (χ2n) is 7.26. The summed E-state index contributed by atoms with van der Waals surface area (Å²) in [5.74, 6) is -2.89. The molecule has 7 nitrogen and oxygen atoms in total. The lowest BCUT2D eigenvalue weighted by atomic mass is 10.0. The number of benzene rings is 1. The van der Waals surface area contributed by atoms with Crippen molar-refractivity contribution in [2.24, 2.45) is 0 Å². The zero-order valence-corrected chi connectivity index (χ0v) is 16.3. The Morgan fingerprint density at radius 2 is 2.20 bits per heavy atom. The van der Waals surface area contributed by atoms with Crippen molar-refractivity contribution >= 4 is 16.9 Å². The maximum atomic E-state index is 14.1. The Hall–Kier alpha value is -3.20. The molecule has 1 amide bonds. The molecule has 0 bridgehead atoms. The number of piperidine rings is 1. The smallest absolute Gasteiger partial charge is 0.280 e. The lowest BCUT2D eigenvalue weighted by Crippen LogP contribution is -2.57. The lowest BCUT2D eigenvalue weighted by Gasteiger charge is -2.32. The number of aryl methyl sites for hydroxylation is 1. The van der Waals surface area contributed by atoms with Gasteiger partial charge in [0.2, 0.25) is 0 Å². The molecule has 30 heavy (non-hydrogen) atoms. The van der Waals surface area contributed by atoms with Gasteiger partial charge in [0, 0.05) is 11.6 Å². The van der Waals surface area contributed by atoms with Crippen molar-refractivity contribution in [2.45, 2.75) is 31.9 Å². The van der Waals surface area contributed by atoms with E-state index in [9.17, 15) is 18.4 Å². The third kappa shape index (κ3) is 3.93. The maximum absolute atomic E-state index is 14.1. The van der Waals surface area contributed by atoms with E-state index in [1.165, 1.54) is 6.20 Å². The van der Waals surface area contributed by atoms with Crippen molar-refractivity contribution < 1.29 is 22.7 Å². The number of fused-ring (bicyclic) bond motifs is 1. The molecule has 2 aromatic heterocycles. The number of aromatic amines is 1. The van der Waals surface area contributed by atoms with Crippen LogP contribution in [0.2, 0.25) is 0 Å². The zero-order valence-electron chi connectivity index (χ0n) is 16.3. The summed E-state index contributed by atoms with van der Waals surface area (Å²) in [4.78, 5) is 27.2. The number of H-pyrrole nitrogens is 1. The molecule has 0 radical (unpaired) electrons. The Labute approximate surface area is 170 Å². The number of ether oxygens (including phenoxy) is 1. The minimum Gasteiger partial charge on any atom is -0.489 e. The van der Waals surface area contributed by atoms with Crippen molar-refractivity contribution in [3.8, 4) is 5.75 Å². The predicted octanol–water partition coefficient (Wildman–Crippen LogP) is 2.74. The summed E-state index contributed by atoms with van der Waals surface area (Å²) in [5, 5.41) is 5.55. The van der Waals surface area contributed by atoms with Crippen LogP contribution in [0.25, 0.3) is 11.0 Å². The standard InChI is InChI=1S/C21H21F2N3O4/c1-12-18(20(28)26-17-6-8-24-11-21(17,22)23)15-9-14(4-5-16(15)30-12)29-10-13-3-2-7-25-19(13)27/h2-5,7,9,17,24H,6,8,10-11H2,1H3,(H,25,27)(H,26,28). The van der Waals surface area contributed by atoms with Crippen LogP contribution in [0, 0.1) is 6.92 Å². The quantitative estimate of drug-likeness (QED) is 0.593. The van der Waals surface area contributed by atoms with Crippen LogP contribution in [0.15, 0.2) is 45.7 Å². The summed E-state index contributed by atoms with van der Waals surface area (Å²) in [7, 11) is 0. The van der Waals surface area contributed by atoms with Crippen molar-refractivity contribution in [3.63, 3.8) is 0 Å². The average molecular weight is 417 g/mol. The van der Waals surface area contributed by atoms with Gasteiger partial charge < -0.3 is 24.8 Å². The third-order valence-corrected chi connectivity index (χ3v) is 5.14. The number of aromatic nitrogens is 1. The summed E-state index contributed by atoms with van der Waals surface area (Å²) in [5.41, 5.74) is 0.842. The molecular weight excluding hydrogens is 396 g/mol. The Kier molecular flexibility index (Phi) is 5.29. The summed E-state index contributed by atoms with van der Waals surface area (Å²) < 4.78 is 39.5. The van der Waals surface area contributed by atoms with Crippen LogP contribution in [-0.2, 0) is 6.61 Å². The van der Waals surface area contributed by atoms with Gasteiger partial charge in [-0.2, -0.15) is 0 Å². The molecule has 3 N–H and O–H groups in total. The molecule has 0 aliphatic carbocycles. The van der Waals surface area contributed by atoms with E-state index in [1.807, 2.05) is 0 Å². The van der Waals surface area contributed by atoms with Crippen LogP contribution in [0.5, 0.6) is 5.75 Å². The number of hydrogen-bond acceptors (Lipinski definition) is 5. The second kappa shape index (κ2) is 7.91. The van der Waals surface area contributed by atoms with E-state index in [2.05, 4.69) is 15.6 Å². The van der Waals surface area contributed by atoms with Crippen LogP contribution in [0.3, 0.4) is 0 Å². The highest BCUT2D eigenvalue weighted by molar-refractivity contribution is 6.07. The fourth-order valence-electron chi connectivity index (χ4n) is 3.55. The molecule has 3 aromatic rings. The van der Waals surface area contributed by atoms with Gasteiger partial charge in [0.15, 0.2) is 0 Å². The number of hydrogen-bond donors (Lipinski definition) is 3. The largest absolute Gasteiger partial charge is 0.489 e. The number of alkyl halides is 2. The van der Waals surface area contributed by atoms with Crippen molar-refractivity contribution in [1.29, 1.82) is 0 Å². The topological polar surface area (TPSA) is 96.4 Å². The Bertz CT molecular complexity index is 1140. The van der Waals surface area contributed by atoms with Gasteiger partial charge in [-0.1, -0.05) is 0 Å². The van der Waals surface area contributed by atoms with Gasteiger partial charge in [-0.3, -0.25) is 9.59 Å². The molecule has 1 saturated heterocycles. The first kappa shape index (κ1) is 20.1. The Morgan fingerprint density at radius 1 is 1.37 bits per heavy atom. The minimum absolute atomic E-state index is 0.0430. The van der Waals surface area contributed by atoms with Gasteiger partial charge >= 0.3 is 0 Å². The van der Waals surface area contributed by atoms with Gasteiger partial charge in [0.1, 0.15) is 23.7 Å². The highest BCUT2D eigenvalue weighted by Gasteiger charge is 2.42. The van der Waals surface area contributed by atoms with E-state index in [1.54, 1.807) is 37.3 Å². The molecule has 1 aromatic carbocycles. The highest BCUT2D eigenvalue weighted by Crippen LogP contribution is 2.30. The number of carbonyl (C=O) groups is 1. The summed E-state index contributed by atoms with van der Waals surface area (Å²) >= 11 is 0. The van der Waals surface area contributed by atoms with Crippen molar-refractivity contribution in [1.82, 2.24) is 15.6 Å². The van der Waals surface area contributed by atoms with Crippen LogP contribution in [0.4, 0.5) is 8.78 Å². The van der Waals surface area contributed by atoms with Gasteiger partial charge in [0.05, 0.1) is 23.7 Å². The fraction of sp³-hybridized carbons (Fsp3) is 0.333. The SMILES string of the molecule is Cc1oc2ccc(OCc3ccc[nH]c3=O)cc2c1C(=O)NC1CCNCC1(F)F. The fourth-order valence-corrected chi connectivity index (χ4v) is 3.55. The highest BCUT2D eigenvalue weighted by atomic mass is 19.3. The first-order valence-corrected chi connectivity index (χ1v) is 9.57. The maximum Gasteiger partial charge on any atom is 0.280 e. The molecule has 3 heterocycles. The number of furan rings is 1.